The number of hydrogen-bond acceptors (Lipinski definition) is 4. The van der Waals surface area contributed by atoms with Crippen molar-refractivity contribution in [3.05, 3.63) is 51.8 Å². The first-order valence-corrected chi connectivity index (χ1v) is 6.81. The molecule has 5 heteroatoms. The van der Waals surface area contributed by atoms with Crippen molar-refractivity contribution < 1.29 is 14.3 Å². The van der Waals surface area contributed by atoms with Crippen LogP contribution in [0.15, 0.2) is 34.8 Å². The zero-order valence-electron chi connectivity index (χ0n) is 11.2. The highest BCUT2D eigenvalue weighted by atomic mass is 79.9. The lowest BCUT2D eigenvalue weighted by Gasteiger charge is -2.10. The van der Waals surface area contributed by atoms with E-state index in [0.29, 0.717) is 24.3 Å². The Labute approximate surface area is 125 Å². The average molecular weight is 336 g/mol. The summed E-state index contributed by atoms with van der Waals surface area (Å²) in [5.41, 5.74) is 2.07. The van der Waals surface area contributed by atoms with Crippen molar-refractivity contribution in [2.75, 3.05) is 7.11 Å². The third-order valence-corrected chi connectivity index (χ3v) is 3.37. The smallest absolute Gasteiger partial charge is 0.172 e. The van der Waals surface area contributed by atoms with Crippen molar-refractivity contribution in [1.82, 2.24) is 4.98 Å². The Morgan fingerprint density at radius 1 is 1.25 bits per heavy atom. The summed E-state index contributed by atoms with van der Waals surface area (Å²) in [6, 6.07) is 9.25. The van der Waals surface area contributed by atoms with Gasteiger partial charge in [0, 0.05) is 5.69 Å². The van der Waals surface area contributed by atoms with Crippen molar-refractivity contribution in [1.29, 1.82) is 0 Å². The van der Waals surface area contributed by atoms with Crippen LogP contribution in [-0.2, 0) is 6.61 Å². The largest absolute Gasteiger partial charge is 0.496 e. The molecular weight excluding hydrogens is 322 g/mol. The molecule has 0 spiro atoms. The van der Waals surface area contributed by atoms with Gasteiger partial charge in [0.05, 0.1) is 11.6 Å². The Morgan fingerprint density at radius 2 is 2.00 bits per heavy atom. The number of benzene rings is 1. The molecule has 1 aromatic heterocycles. The number of aromatic nitrogens is 1. The molecule has 0 amide bonds. The Hall–Kier alpha value is -1.88. The molecule has 2 aromatic rings. The number of pyridine rings is 1. The normalized spacial score (nSPS) is 10.2. The average Bonchev–Trinajstić information content (AvgIpc) is 2.46. The molecule has 0 aliphatic carbocycles. The first kappa shape index (κ1) is 14.5. The van der Waals surface area contributed by atoms with E-state index in [1.54, 1.807) is 13.2 Å². The monoisotopic (exact) mass is 335 g/mol. The quantitative estimate of drug-likeness (QED) is 0.784. The Morgan fingerprint density at radius 3 is 2.65 bits per heavy atom. The third kappa shape index (κ3) is 3.36. The number of aryl methyl sites for hydroxylation is 1. The third-order valence-electron chi connectivity index (χ3n) is 2.75. The molecule has 0 N–H and O–H groups in total. The highest BCUT2D eigenvalue weighted by Crippen LogP contribution is 2.26. The predicted molar refractivity (Wildman–Crippen MR) is 79.4 cm³/mol. The minimum Gasteiger partial charge on any atom is -0.496 e. The topological polar surface area (TPSA) is 48.4 Å². The number of carbonyl (C=O) groups is 1. The number of aldehydes is 1. The molecule has 0 radical (unpaired) electrons. The zero-order chi connectivity index (χ0) is 14.5. The lowest BCUT2D eigenvalue weighted by atomic mass is 10.2. The van der Waals surface area contributed by atoms with Crippen LogP contribution in [0.5, 0.6) is 11.5 Å². The van der Waals surface area contributed by atoms with Crippen LogP contribution in [0, 0.1) is 6.92 Å². The summed E-state index contributed by atoms with van der Waals surface area (Å²) >= 11 is 3.42. The summed E-state index contributed by atoms with van der Waals surface area (Å²) in [5, 5.41) is 0. The minimum absolute atomic E-state index is 0.317. The second-order valence-electron chi connectivity index (χ2n) is 4.21. The van der Waals surface area contributed by atoms with Gasteiger partial charge >= 0.3 is 0 Å². The van der Waals surface area contributed by atoms with E-state index in [1.165, 1.54) is 0 Å². The molecule has 1 heterocycles. The first-order chi connectivity index (χ1) is 9.63. The van der Waals surface area contributed by atoms with Crippen LogP contribution in [0.1, 0.15) is 21.7 Å². The molecule has 0 saturated heterocycles. The van der Waals surface area contributed by atoms with E-state index >= 15 is 0 Å². The van der Waals surface area contributed by atoms with Crippen LogP contribution in [0.2, 0.25) is 0 Å². The van der Waals surface area contributed by atoms with Gasteiger partial charge in [-0.05, 0) is 52.7 Å². The van der Waals surface area contributed by atoms with Gasteiger partial charge in [0.2, 0.25) is 0 Å². The van der Waals surface area contributed by atoms with Crippen molar-refractivity contribution >= 4 is 22.2 Å². The standard InChI is InChI=1S/C15H14BrNO3/c1-10-3-5-15(13(8-18)17-10)20-9-11-4-6-14(19-2)12(16)7-11/h3-8H,9H2,1-2H3. The molecule has 104 valence electrons. The molecule has 1 aromatic carbocycles. The summed E-state index contributed by atoms with van der Waals surface area (Å²) < 4.78 is 11.7. The van der Waals surface area contributed by atoms with Crippen molar-refractivity contribution in [3.63, 3.8) is 0 Å². The number of carbonyl (C=O) groups excluding carboxylic acids is 1. The summed E-state index contributed by atoms with van der Waals surface area (Å²) in [6.45, 7) is 2.19. The fourth-order valence-corrected chi connectivity index (χ4v) is 2.32. The van der Waals surface area contributed by atoms with Crippen molar-refractivity contribution in [2.45, 2.75) is 13.5 Å². The van der Waals surface area contributed by atoms with Crippen LogP contribution >= 0.6 is 15.9 Å². The molecular formula is C15H14BrNO3. The number of ether oxygens (including phenoxy) is 2. The van der Waals surface area contributed by atoms with Crippen LogP contribution in [0.25, 0.3) is 0 Å². The molecule has 2 rings (SSSR count). The van der Waals surface area contributed by atoms with Crippen LogP contribution in [0.3, 0.4) is 0 Å². The Balaban J connectivity index is 2.12. The number of halogens is 1. The SMILES string of the molecule is COc1ccc(COc2ccc(C)nc2C=O)cc1Br. The number of methoxy groups -OCH3 is 1. The second-order valence-corrected chi connectivity index (χ2v) is 5.07. The molecule has 0 atom stereocenters. The maximum atomic E-state index is 11.0. The van der Waals surface area contributed by atoms with E-state index in [1.807, 2.05) is 31.2 Å². The maximum absolute atomic E-state index is 11.0. The van der Waals surface area contributed by atoms with Crippen LogP contribution in [0.4, 0.5) is 0 Å². The van der Waals surface area contributed by atoms with E-state index in [0.717, 1.165) is 21.5 Å². The van der Waals surface area contributed by atoms with Crippen LogP contribution in [-0.4, -0.2) is 18.4 Å². The zero-order valence-corrected chi connectivity index (χ0v) is 12.8. The minimum atomic E-state index is 0.317. The van der Waals surface area contributed by atoms with E-state index in [-0.39, 0.29) is 0 Å². The molecule has 0 aliphatic heterocycles. The lowest BCUT2D eigenvalue weighted by Crippen LogP contribution is -2.01. The Bertz CT molecular complexity index is 629. The maximum Gasteiger partial charge on any atom is 0.172 e. The molecule has 0 fully saturated rings. The van der Waals surface area contributed by atoms with Gasteiger partial charge in [-0.15, -0.1) is 0 Å². The summed E-state index contributed by atoms with van der Waals surface area (Å²) in [7, 11) is 1.62. The van der Waals surface area contributed by atoms with Gasteiger partial charge in [0.1, 0.15) is 23.8 Å². The lowest BCUT2D eigenvalue weighted by molar-refractivity contribution is 0.111. The fraction of sp³-hybridized carbons (Fsp3) is 0.200. The fourth-order valence-electron chi connectivity index (χ4n) is 1.73. The molecule has 0 unspecified atom stereocenters. The van der Waals surface area contributed by atoms with E-state index in [2.05, 4.69) is 20.9 Å². The van der Waals surface area contributed by atoms with Gasteiger partial charge in [0.25, 0.3) is 0 Å². The van der Waals surface area contributed by atoms with Gasteiger partial charge in [-0.25, -0.2) is 4.98 Å². The summed E-state index contributed by atoms with van der Waals surface area (Å²) in [5.74, 6) is 1.25. The van der Waals surface area contributed by atoms with Crippen molar-refractivity contribution in [3.8, 4) is 11.5 Å². The number of hydrogen-bond donors (Lipinski definition) is 0. The van der Waals surface area contributed by atoms with Gasteiger partial charge in [-0.3, -0.25) is 4.79 Å². The van der Waals surface area contributed by atoms with Gasteiger partial charge in [-0.2, -0.15) is 0 Å². The Kier molecular flexibility index (Phi) is 4.74. The highest BCUT2D eigenvalue weighted by Gasteiger charge is 2.06. The van der Waals surface area contributed by atoms with Gasteiger partial charge in [0.15, 0.2) is 6.29 Å². The molecule has 0 bridgehead atoms. The van der Waals surface area contributed by atoms with Gasteiger partial charge in [-0.1, -0.05) is 6.07 Å². The van der Waals surface area contributed by atoms with E-state index in [9.17, 15) is 4.79 Å². The molecule has 0 aliphatic rings. The molecule has 0 saturated carbocycles. The van der Waals surface area contributed by atoms with Crippen LogP contribution < -0.4 is 9.47 Å². The summed E-state index contributed by atoms with van der Waals surface area (Å²) in [6.07, 6.45) is 0.701. The molecule has 4 nitrogen and oxygen atoms in total. The number of nitrogens with zero attached hydrogens (tertiary/aromatic N) is 1. The second kappa shape index (κ2) is 6.52. The summed E-state index contributed by atoms with van der Waals surface area (Å²) in [4.78, 5) is 15.1. The number of rotatable bonds is 5. The predicted octanol–water partition coefficient (Wildman–Crippen LogP) is 3.55. The van der Waals surface area contributed by atoms with Crippen molar-refractivity contribution in [2.24, 2.45) is 0 Å². The first-order valence-electron chi connectivity index (χ1n) is 6.02. The molecule has 20 heavy (non-hydrogen) atoms. The van der Waals surface area contributed by atoms with E-state index < -0.39 is 0 Å². The van der Waals surface area contributed by atoms with Gasteiger partial charge < -0.3 is 9.47 Å². The van der Waals surface area contributed by atoms with E-state index in [4.69, 9.17) is 9.47 Å². The highest BCUT2D eigenvalue weighted by molar-refractivity contribution is 9.10.